The molecule has 3 aromatic rings. The number of methoxy groups -OCH3 is 3. The molecule has 0 bridgehead atoms. The SMILES string of the molecule is COc1cc(C(Cl)P(=O)(c2ccccc2)c2ccccc2)cc(OC)c1OC. The van der Waals surface area contributed by atoms with Gasteiger partial charge in [-0.25, -0.2) is 0 Å². The number of rotatable bonds is 7. The van der Waals surface area contributed by atoms with Crippen LogP contribution in [0, 0.1) is 0 Å². The molecular formula is C22H22ClO4P. The van der Waals surface area contributed by atoms with Gasteiger partial charge < -0.3 is 18.8 Å². The highest BCUT2D eigenvalue weighted by Gasteiger charge is 2.37. The molecule has 4 nitrogen and oxygen atoms in total. The first-order valence-corrected chi connectivity index (χ1v) is 10.9. The van der Waals surface area contributed by atoms with Gasteiger partial charge in [0.2, 0.25) is 5.75 Å². The molecule has 0 N–H and O–H groups in total. The topological polar surface area (TPSA) is 44.8 Å². The minimum atomic E-state index is -3.21. The quantitative estimate of drug-likeness (QED) is 0.403. The molecule has 6 heteroatoms. The molecule has 3 aromatic carbocycles. The van der Waals surface area contributed by atoms with Gasteiger partial charge in [0.05, 0.1) is 21.3 Å². The van der Waals surface area contributed by atoms with E-state index in [1.54, 1.807) is 12.1 Å². The highest BCUT2D eigenvalue weighted by molar-refractivity contribution is 7.80. The Morgan fingerprint density at radius 1 is 0.750 bits per heavy atom. The van der Waals surface area contributed by atoms with Crippen molar-refractivity contribution in [1.82, 2.24) is 0 Å². The normalized spacial score (nSPS) is 12.3. The molecule has 0 heterocycles. The van der Waals surface area contributed by atoms with E-state index < -0.39 is 12.3 Å². The second kappa shape index (κ2) is 8.72. The first kappa shape index (κ1) is 20.3. The van der Waals surface area contributed by atoms with Crippen LogP contribution < -0.4 is 24.8 Å². The Morgan fingerprint density at radius 2 is 1.18 bits per heavy atom. The van der Waals surface area contributed by atoms with E-state index in [9.17, 15) is 4.57 Å². The maximum atomic E-state index is 14.4. The minimum absolute atomic E-state index is 0.465. The van der Waals surface area contributed by atoms with Crippen molar-refractivity contribution in [2.24, 2.45) is 0 Å². The zero-order valence-electron chi connectivity index (χ0n) is 16.0. The van der Waals surface area contributed by atoms with Crippen LogP contribution in [0.4, 0.5) is 0 Å². The summed E-state index contributed by atoms with van der Waals surface area (Å²) in [4.78, 5) is 0. The molecule has 3 rings (SSSR count). The third-order valence-corrected chi connectivity index (χ3v) is 8.70. The van der Waals surface area contributed by atoms with Gasteiger partial charge in [0.25, 0.3) is 0 Å². The van der Waals surface area contributed by atoms with Crippen molar-refractivity contribution in [3.8, 4) is 17.2 Å². The highest BCUT2D eigenvalue weighted by Crippen LogP contribution is 2.60. The molecule has 1 atom stereocenters. The molecule has 0 saturated carbocycles. The third kappa shape index (κ3) is 3.63. The van der Waals surface area contributed by atoms with Gasteiger partial charge in [-0.1, -0.05) is 60.7 Å². The number of ether oxygens (including phenoxy) is 3. The molecule has 146 valence electrons. The van der Waals surface area contributed by atoms with Crippen LogP contribution in [0.25, 0.3) is 0 Å². The molecule has 0 radical (unpaired) electrons. The summed E-state index contributed by atoms with van der Waals surface area (Å²) in [6.07, 6.45) is 0. The molecule has 0 aromatic heterocycles. The number of hydrogen-bond acceptors (Lipinski definition) is 4. The predicted octanol–water partition coefficient (Wildman–Crippen LogP) is 4.96. The fraction of sp³-hybridized carbons (Fsp3) is 0.182. The maximum absolute atomic E-state index is 14.4. The first-order chi connectivity index (χ1) is 13.6. The van der Waals surface area contributed by atoms with Gasteiger partial charge in [0.1, 0.15) is 5.12 Å². The van der Waals surface area contributed by atoms with Crippen molar-refractivity contribution in [3.63, 3.8) is 0 Å². The van der Waals surface area contributed by atoms with E-state index in [4.69, 9.17) is 25.8 Å². The summed E-state index contributed by atoms with van der Waals surface area (Å²) < 4.78 is 30.7. The van der Waals surface area contributed by atoms with Crippen molar-refractivity contribution in [2.75, 3.05) is 21.3 Å². The van der Waals surface area contributed by atoms with Crippen LogP contribution in [0.2, 0.25) is 0 Å². The Balaban J connectivity index is 2.21. The Labute approximate surface area is 170 Å². The van der Waals surface area contributed by atoms with Crippen LogP contribution >= 0.6 is 18.7 Å². The van der Waals surface area contributed by atoms with E-state index in [-0.39, 0.29) is 0 Å². The van der Waals surface area contributed by atoms with Crippen LogP contribution in [0.1, 0.15) is 10.7 Å². The van der Waals surface area contributed by atoms with Crippen molar-refractivity contribution >= 4 is 29.4 Å². The van der Waals surface area contributed by atoms with Crippen LogP contribution in [0.3, 0.4) is 0 Å². The second-order valence-corrected chi connectivity index (χ2v) is 9.73. The predicted molar refractivity (Wildman–Crippen MR) is 114 cm³/mol. The van der Waals surface area contributed by atoms with Gasteiger partial charge in [-0.2, -0.15) is 0 Å². The molecule has 0 saturated heterocycles. The molecule has 0 aliphatic heterocycles. The summed E-state index contributed by atoms with van der Waals surface area (Å²) in [6.45, 7) is 0. The van der Waals surface area contributed by atoms with Gasteiger partial charge >= 0.3 is 0 Å². The smallest absolute Gasteiger partial charge is 0.203 e. The Morgan fingerprint density at radius 3 is 1.54 bits per heavy atom. The molecule has 1 unspecified atom stereocenters. The van der Waals surface area contributed by atoms with Crippen LogP contribution in [-0.2, 0) is 4.57 Å². The first-order valence-electron chi connectivity index (χ1n) is 8.71. The summed E-state index contributed by atoms with van der Waals surface area (Å²) in [5.41, 5.74) is 0.632. The van der Waals surface area contributed by atoms with Gasteiger partial charge in [-0.3, -0.25) is 0 Å². The van der Waals surface area contributed by atoms with Crippen molar-refractivity contribution in [3.05, 3.63) is 78.4 Å². The summed E-state index contributed by atoms with van der Waals surface area (Å²) in [7, 11) is 1.41. The van der Waals surface area contributed by atoms with Gasteiger partial charge in [0.15, 0.2) is 18.6 Å². The molecule has 0 aliphatic rings. The number of hydrogen-bond donors (Lipinski definition) is 0. The zero-order valence-corrected chi connectivity index (χ0v) is 17.6. The van der Waals surface area contributed by atoms with E-state index in [0.29, 0.717) is 33.4 Å². The average Bonchev–Trinajstić information content (AvgIpc) is 2.78. The van der Waals surface area contributed by atoms with E-state index >= 15 is 0 Å². The zero-order chi connectivity index (χ0) is 20.1. The number of benzene rings is 3. The lowest BCUT2D eigenvalue weighted by Gasteiger charge is -2.25. The summed E-state index contributed by atoms with van der Waals surface area (Å²) in [5, 5.41) is 0.566. The van der Waals surface area contributed by atoms with Gasteiger partial charge in [0, 0.05) is 10.6 Å². The van der Waals surface area contributed by atoms with Crippen LogP contribution in [-0.4, -0.2) is 21.3 Å². The molecular weight excluding hydrogens is 395 g/mol. The lowest BCUT2D eigenvalue weighted by atomic mass is 10.2. The lowest BCUT2D eigenvalue weighted by Crippen LogP contribution is -2.19. The van der Waals surface area contributed by atoms with Crippen LogP contribution in [0.5, 0.6) is 17.2 Å². The standard InChI is InChI=1S/C22H22ClO4P/c1-25-19-14-16(15-20(26-2)21(19)27-3)22(23)28(24,17-10-6-4-7-11-17)18-12-8-5-9-13-18/h4-15,22H,1-3H3. The third-order valence-electron chi connectivity index (χ3n) is 4.56. The van der Waals surface area contributed by atoms with E-state index in [1.165, 1.54) is 21.3 Å². The highest BCUT2D eigenvalue weighted by atomic mass is 35.5. The lowest BCUT2D eigenvalue weighted by molar-refractivity contribution is 0.324. The van der Waals surface area contributed by atoms with E-state index in [1.807, 2.05) is 60.7 Å². The number of halogens is 1. The summed E-state index contributed by atoms with van der Waals surface area (Å²) in [5.74, 6) is 1.40. The van der Waals surface area contributed by atoms with E-state index in [2.05, 4.69) is 0 Å². The molecule has 28 heavy (non-hydrogen) atoms. The minimum Gasteiger partial charge on any atom is -0.493 e. The Kier molecular flexibility index (Phi) is 6.33. The Hall–Kier alpha value is -2.42. The van der Waals surface area contributed by atoms with Gasteiger partial charge in [-0.15, -0.1) is 11.6 Å². The molecule has 0 aliphatic carbocycles. The number of alkyl halides is 1. The summed E-state index contributed by atoms with van der Waals surface area (Å²) >= 11 is 6.92. The molecule has 0 spiro atoms. The molecule has 0 amide bonds. The average molecular weight is 417 g/mol. The van der Waals surface area contributed by atoms with Crippen LogP contribution in [0.15, 0.2) is 72.8 Å². The summed E-state index contributed by atoms with van der Waals surface area (Å²) in [6, 6.07) is 22.1. The Bertz CT molecular complexity index is 908. The monoisotopic (exact) mass is 416 g/mol. The van der Waals surface area contributed by atoms with Crippen molar-refractivity contribution in [1.29, 1.82) is 0 Å². The second-order valence-electron chi connectivity index (χ2n) is 6.12. The maximum Gasteiger partial charge on any atom is 0.203 e. The van der Waals surface area contributed by atoms with Crippen molar-refractivity contribution < 1.29 is 18.8 Å². The van der Waals surface area contributed by atoms with Crippen molar-refractivity contribution in [2.45, 2.75) is 5.12 Å². The fourth-order valence-corrected chi connectivity index (χ4v) is 6.58. The van der Waals surface area contributed by atoms with E-state index in [0.717, 1.165) is 0 Å². The fourth-order valence-electron chi connectivity index (χ4n) is 3.16. The largest absolute Gasteiger partial charge is 0.493 e. The molecule has 0 fully saturated rings. The van der Waals surface area contributed by atoms with Gasteiger partial charge in [-0.05, 0) is 17.7 Å².